The molecule has 2 aromatic heterocycles. The van der Waals surface area contributed by atoms with Gasteiger partial charge in [-0.3, -0.25) is 14.7 Å². The topological polar surface area (TPSA) is 94.2 Å². The zero-order valence-corrected chi connectivity index (χ0v) is 16.7. The highest BCUT2D eigenvalue weighted by Crippen LogP contribution is 2.32. The van der Waals surface area contributed by atoms with Crippen LogP contribution < -0.4 is 5.32 Å². The second-order valence-electron chi connectivity index (χ2n) is 7.43. The number of aromatic amines is 1. The minimum Gasteiger partial charge on any atom is -0.354 e. The van der Waals surface area contributed by atoms with Gasteiger partial charge in [-0.2, -0.15) is 18.3 Å². The maximum Gasteiger partial charge on any atom is 0.406 e. The summed E-state index contributed by atoms with van der Waals surface area (Å²) in [6.45, 7) is 0.223. The number of halogens is 3. The molecule has 11 heteroatoms. The molecular formula is C20H19F3N6O2. The maximum absolute atomic E-state index is 12.9. The van der Waals surface area contributed by atoms with Gasteiger partial charge in [0.05, 0.1) is 23.1 Å². The second-order valence-corrected chi connectivity index (χ2v) is 7.43. The van der Waals surface area contributed by atoms with Crippen LogP contribution in [0.5, 0.6) is 0 Å². The lowest BCUT2D eigenvalue weighted by molar-refractivity contribution is -0.158. The van der Waals surface area contributed by atoms with Crippen LogP contribution in [0, 0.1) is 6.92 Å². The number of fused-ring (bicyclic) bond motifs is 2. The Morgan fingerprint density at radius 3 is 2.87 bits per heavy atom. The Labute approximate surface area is 175 Å². The highest BCUT2D eigenvalue weighted by Gasteiger charge is 2.35. The fourth-order valence-electron chi connectivity index (χ4n) is 3.54. The van der Waals surface area contributed by atoms with Crippen LogP contribution in [0.15, 0.2) is 30.5 Å². The van der Waals surface area contributed by atoms with E-state index in [1.807, 2.05) is 13.0 Å². The number of pyridine rings is 1. The quantitative estimate of drug-likeness (QED) is 0.647. The first-order valence-corrected chi connectivity index (χ1v) is 9.42. The third-order valence-corrected chi connectivity index (χ3v) is 5.06. The van der Waals surface area contributed by atoms with E-state index in [1.54, 1.807) is 24.4 Å². The molecule has 3 aromatic rings. The van der Waals surface area contributed by atoms with Crippen molar-refractivity contribution < 1.29 is 22.8 Å². The van der Waals surface area contributed by atoms with Crippen molar-refractivity contribution in [2.24, 2.45) is 0 Å². The second kappa shape index (κ2) is 7.56. The van der Waals surface area contributed by atoms with E-state index in [9.17, 15) is 22.8 Å². The van der Waals surface area contributed by atoms with Crippen molar-refractivity contribution in [1.29, 1.82) is 0 Å². The number of carbonyl (C=O) groups excluding carboxylic acids is 2. The molecule has 0 unspecified atom stereocenters. The summed E-state index contributed by atoms with van der Waals surface area (Å²) in [6, 6.07) is 7.10. The monoisotopic (exact) mass is 432 g/mol. The molecule has 0 saturated carbocycles. The Kier molecular flexibility index (Phi) is 5.03. The maximum atomic E-state index is 12.9. The van der Waals surface area contributed by atoms with Gasteiger partial charge >= 0.3 is 6.18 Å². The van der Waals surface area contributed by atoms with Crippen LogP contribution in [0.4, 0.5) is 24.5 Å². The van der Waals surface area contributed by atoms with Crippen LogP contribution in [0.1, 0.15) is 21.6 Å². The first kappa shape index (κ1) is 20.6. The van der Waals surface area contributed by atoms with Gasteiger partial charge in [0, 0.05) is 24.7 Å². The van der Waals surface area contributed by atoms with Gasteiger partial charge in [-0.25, -0.2) is 4.98 Å². The van der Waals surface area contributed by atoms with Crippen molar-refractivity contribution in [2.45, 2.75) is 19.6 Å². The molecule has 2 amide bonds. The van der Waals surface area contributed by atoms with Gasteiger partial charge in [-0.05, 0) is 24.6 Å². The van der Waals surface area contributed by atoms with E-state index < -0.39 is 31.1 Å². The molecule has 0 radical (unpaired) electrons. The average Bonchev–Trinajstić information content (AvgIpc) is 3.21. The van der Waals surface area contributed by atoms with Gasteiger partial charge in [0.2, 0.25) is 5.91 Å². The summed E-state index contributed by atoms with van der Waals surface area (Å²) < 4.78 is 37.6. The Balaban J connectivity index is 1.53. The minimum absolute atomic E-state index is 0.146. The summed E-state index contributed by atoms with van der Waals surface area (Å²) in [5.41, 5.74) is 3.69. The molecule has 0 saturated heterocycles. The number of carbonyl (C=O) groups is 2. The van der Waals surface area contributed by atoms with Crippen LogP contribution in [0.3, 0.4) is 0 Å². The molecule has 0 fully saturated rings. The fourth-order valence-corrected chi connectivity index (χ4v) is 3.54. The van der Waals surface area contributed by atoms with Crippen LogP contribution in [0.2, 0.25) is 0 Å². The third kappa shape index (κ3) is 4.16. The molecule has 3 heterocycles. The predicted molar refractivity (Wildman–Crippen MR) is 107 cm³/mol. The molecule has 2 N–H and O–H groups in total. The lowest BCUT2D eigenvalue weighted by Gasteiger charge is -2.22. The molecule has 0 spiro atoms. The summed E-state index contributed by atoms with van der Waals surface area (Å²) in [7, 11) is 1.07. The number of alkyl halides is 3. The molecule has 8 nitrogen and oxygen atoms in total. The van der Waals surface area contributed by atoms with Crippen molar-refractivity contribution in [3.8, 4) is 0 Å². The number of nitrogens with zero attached hydrogens (tertiary/aromatic N) is 4. The SMILES string of the molecule is Cc1[nH]nc2ncc(Nc3cccc4c3C(=O)N(CC(=O)N(C)CC(F)(F)F)C4)cc12. The molecule has 0 bridgehead atoms. The van der Waals surface area contributed by atoms with Crippen molar-refractivity contribution in [3.63, 3.8) is 0 Å². The smallest absolute Gasteiger partial charge is 0.354 e. The van der Waals surface area contributed by atoms with Gasteiger partial charge in [-0.1, -0.05) is 12.1 Å². The van der Waals surface area contributed by atoms with Gasteiger partial charge in [0.15, 0.2) is 5.65 Å². The number of rotatable bonds is 5. The van der Waals surface area contributed by atoms with Crippen LogP contribution in [-0.4, -0.2) is 63.1 Å². The van der Waals surface area contributed by atoms with Gasteiger partial charge in [-0.15, -0.1) is 0 Å². The normalized spacial score (nSPS) is 13.6. The van der Waals surface area contributed by atoms with E-state index in [2.05, 4.69) is 20.5 Å². The number of hydrogen-bond donors (Lipinski definition) is 2. The molecule has 31 heavy (non-hydrogen) atoms. The molecule has 4 rings (SSSR count). The number of aromatic nitrogens is 3. The lowest BCUT2D eigenvalue weighted by atomic mass is 10.1. The molecule has 1 aliphatic heterocycles. The van der Waals surface area contributed by atoms with Crippen molar-refractivity contribution in [1.82, 2.24) is 25.0 Å². The highest BCUT2D eigenvalue weighted by molar-refractivity contribution is 6.05. The number of anilines is 2. The fraction of sp³-hybridized carbons (Fsp3) is 0.300. The first-order chi connectivity index (χ1) is 14.6. The highest BCUT2D eigenvalue weighted by atomic mass is 19.4. The lowest BCUT2D eigenvalue weighted by Crippen LogP contribution is -2.42. The molecule has 1 aliphatic rings. The van der Waals surface area contributed by atoms with Crippen molar-refractivity contribution >= 4 is 34.2 Å². The molecule has 0 aliphatic carbocycles. The molecule has 162 valence electrons. The number of likely N-dealkylation sites (N-methyl/N-ethyl adjacent to an activating group) is 1. The number of hydrogen-bond acceptors (Lipinski definition) is 5. The Bertz CT molecular complexity index is 1170. The third-order valence-electron chi connectivity index (χ3n) is 5.06. The van der Waals surface area contributed by atoms with Gasteiger partial charge in [0.1, 0.15) is 13.1 Å². The summed E-state index contributed by atoms with van der Waals surface area (Å²) in [5, 5.41) is 10.9. The summed E-state index contributed by atoms with van der Waals surface area (Å²) in [6.07, 6.45) is -2.91. The van der Waals surface area contributed by atoms with Crippen LogP contribution in [0.25, 0.3) is 11.0 Å². The molecule has 0 atom stereocenters. The molecular weight excluding hydrogens is 413 g/mol. The van der Waals surface area contributed by atoms with E-state index in [-0.39, 0.29) is 6.54 Å². The first-order valence-electron chi connectivity index (χ1n) is 9.42. The number of amides is 2. The van der Waals surface area contributed by atoms with E-state index >= 15 is 0 Å². The number of H-pyrrole nitrogens is 1. The standard InChI is InChI=1S/C20H19F3N6O2/c1-11-14-6-13(7-24-18(14)27-26-11)25-15-5-3-4-12-8-29(19(31)17(12)15)9-16(30)28(2)10-20(21,22)23/h3-7,25H,8-10H2,1-2H3,(H,24,26,27). The predicted octanol–water partition coefficient (Wildman–Crippen LogP) is 2.99. The van der Waals surface area contributed by atoms with Gasteiger partial charge in [0.25, 0.3) is 5.91 Å². The summed E-state index contributed by atoms with van der Waals surface area (Å²) in [4.78, 5) is 31.2. The number of nitrogens with one attached hydrogen (secondary N) is 2. The zero-order chi connectivity index (χ0) is 22.3. The Morgan fingerprint density at radius 2 is 2.13 bits per heavy atom. The van der Waals surface area contributed by atoms with Crippen molar-refractivity contribution in [3.05, 3.63) is 47.3 Å². The van der Waals surface area contributed by atoms with E-state index in [1.165, 1.54) is 4.90 Å². The molecule has 1 aromatic carbocycles. The van der Waals surface area contributed by atoms with Crippen LogP contribution >= 0.6 is 0 Å². The van der Waals surface area contributed by atoms with E-state index in [0.717, 1.165) is 18.1 Å². The summed E-state index contributed by atoms with van der Waals surface area (Å²) in [5.74, 6) is -1.20. The minimum atomic E-state index is -4.50. The zero-order valence-electron chi connectivity index (χ0n) is 16.7. The van der Waals surface area contributed by atoms with E-state index in [4.69, 9.17) is 0 Å². The largest absolute Gasteiger partial charge is 0.406 e. The Morgan fingerprint density at radius 1 is 1.35 bits per heavy atom. The Hall–Kier alpha value is -3.63. The van der Waals surface area contributed by atoms with Gasteiger partial charge < -0.3 is 15.1 Å². The summed E-state index contributed by atoms with van der Waals surface area (Å²) >= 11 is 0. The van der Waals surface area contributed by atoms with E-state index in [0.29, 0.717) is 33.0 Å². The number of benzene rings is 1. The number of aryl methyl sites for hydroxylation is 1. The average molecular weight is 432 g/mol. The van der Waals surface area contributed by atoms with Crippen molar-refractivity contribution in [2.75, 3.05) is 25.5 Å². The van der Waals surface area contributed by atoms with Crippen LogP contribution in [-0.2, 0) is 11.3 Å².